The maximum absolute atomic E-state index is 11.9. The largest absolute Gasteiger partial charge is 0.462 e. The molecule has 0 amide bonds. The second kappa shape index (κ2) is 10.9. The van der Waals surface area contributed by atoms with Crippen molar-refractivity contribution in [1.29, 1.82) is 0 Å². The predicted octanol–water partition coefficient (Wildman–Crippen LogP) is 2.58. The van der Waals surface area contributed by atoms with Gasteiger partial charge in [0.25, 0.3) is 0 Å². The molecule has 0 bridgehead atoms. The van der Waals surface area contributed by atoms with Gasteiger partial charge in [-0.15, -0.1) is 0 Å². The number of hydrogen-bond donors (Lipinski definition) is 0. The molecule has 180 valence electrons. The van der Waals surface area contributed by atoms with Crippen molar-refractivity contribution in [3.8, 4) is 0 Å². The highest BCUT2D eigenvalue weighted by Gasteiger charge is 2.52. The van der Waals surface area contributed by atoms with Crippen LogP contribution in [0, 0.1) is 0 Å². The number of esters is 3. The first-order valence-corrected chi connectivity index (χ1v) is 11.7. The first kappa shape index (κ1) is 25.5. The zero-order chi connectivity index (χ0) is 24.3. The van der Waals surface area contributed by atoms with E-state index in [0.29, 0.717) is 16.9 Å². The van der Waals surface area contributed by atoms with E-state index in [9.17, 15) is 14.4 Å². The third kappa shape index (κ3) is 5.86. The van der Waals surface area contributed by atoms with Crippen LogP contribution in [-0.2, 0) is 33.3 Å². The second-order valence-corrected chi connectivity index (χ2v) is 9.19. The fourth-order valence-corrected chi connectivity index (χ4v) is 5.10. The molecule has 0 saturated carbocycles. The van der Waals surface area contributed by atoms with E-state index >= 15 is 0 Å². The molecule has 3 rings (SSSR count). The number of thioether (sulfide) groups is 1. The monoisotopic (exact) mass is 520 g/mol. The number of ether oxygens (including phenoxy) is 4. The molecule has 1 saturated heterocycles. The lowest BCUT2D eigenvalue weighted by atomic mass is 10.1. The fraction of sp³-hybridized carbons (Fsp3) is 0.579. The van der Waals surface area contributed by atoms with E-state index in [0.717, 1.165) is 0 Å². The normalized spacial score (nSPS) is 23.3. The van der Waals surface area contributed by atoms with E-state index in [4.69, 9.17) is 42.1 Å². The zero-order valence-electron chi connectivity index (χ0n) is 18.2. The number of fused-ring (bicyclic) bond motifs is 1. The molecular weight excluding hydrogens is 499 g/mol. The molecule has 0 aromatic carbocycles. The van der Waals surface area contributed by atoms with Crippen LogP contribution in [0.4, 0.5) is 0 Å². The van der Waals surface area contributed by atoms with Gasteiger partial charge >= 0.3 is 17.9 Å². The van der Waals surface area contributed by atoms with Crippen molar-refractivity contribution in [2.24, 2.45) is 0 Å². The summed E-state index contributed by atoms with van der Waals surface area (Å²) in [7, 11) is 0. The highest BCUT2D eigenvalue weighted by Crippen LogP contribution is 2.42. The molecule has 3 heterocycles. The summed E-state index contributed by atoms with van der Waals surface area (Å²) in [6, 6.07) is 0. The number of aromatic nitrogens is 4. The van der Waals surface area contributed by atoms with Gasteiger partial charge in [-0.25, -0.2) is 9.97 Å². The molecule has 0 N–H and O–H groups in total. The lowest BCUT2D eigenvalue weighted by Crippen LogP contribution is -2.45. The summed E-state index contributed by atoms with van der Waals surface area (Å²) >= 11 is 13.6. The van der Waals surface area contributed by atoms with Crippen LogP contribution in [0.2, 0.25) is 10.4 Å². The van der Waals surface area contributed by atoms with Gasteiger partial charge < -0.3 is 18.9 Å². The molecule has 11 nitrogen and oxygen atoms in total. The number of halogens is 2. The van der Waals surface area contributed by atoms with Gasteiger partial charge in [0.05, 0.1) is 11.6 Å². The van der Waals surface area contributed by atoms with Crippen LogP contribution in [0.25, 0.3) is 11.2 Å². The highest BCUT2D eigenvalue weighted by molar-refractivity contribution is 7.99. The number of imidazole rings is 1. The Hall–Kier alpha value is -2.15. The highest BCUT2D eigenvalue weighted by atomic mass is 35.5. The summed E-state index contributed by atoms with van der Waals surface area (Å²) < 4.78 is 24.0. The zero-order valence-corrected chi connectivity index (χ0v) is 20.5. The molecule has 2 aromatic heterocycles. The van der Waals surface area contributed by atoms with Crippen molar-refractivity contribution in [2.45, 2.75) is 57.5 Å². The maximum Gasteiger partial charge on any atom is 0.303 e. The number of carbonyl (C=O) groups is 3. The topological polar surface area (TPSA) is 132 Å². The molecule has 0 radical (unpaired) electrons. The Kier molecular flexibility index (Phi) is 8.38. The molecule has 2 aromatic rings. The standard InChI is InChI=1S/C19H22Cl2N4O7S/c1-5-33-15-14(31-10(4)28)13(11(30-9(3)27)6-29-8(2)26)32-18(15)25-7-22-12-16(20)23-19(21)24-17(12)25/h7,11,13-15,18H,5-6H2,1-4H3/t11-,13+,14+,15-,18+/m1/s1. The maximum atomic E-state index is 11.9. The minimum atomic E-state index is -1.03. The minimum absolute atomic E-state index is 0.0715. The van der Waals surface area contributed by atoms with Crippen LogP contribution in [0.3, 0.4) is 0 Å². The minimum Gasteiger partial charge on any atom is -0.462 e. The van der Waals surface area contributed by atoms with Crippen molar-refractivity contribution < 1.29 is 33.3 Å². The van der Waals surface area contributed by atoms with Gasteiger partial charge in [-0.1, -0.05) is 18.5 Å². The molecular formula is C19H22Cl2N4O7S. The number of carbonyl (C=O) groups excluding carboxylic acids is 3. The van der Waals surface area contributed by atoms with Gasteiger partial charge in [0.15, 0.2) is 23.1 Å². The van der Waals surface area contributed by atoms with E-state index < -0.39 is 47.7 Å². The number of nitrogens with zero attached hydrogens (tertiary/aromatic N) is 4. The summed E-state index contributed by atoms with van der Waals surface area (Å²) in [6.45, 7) is 5.37. The summed E-state index contributed by atoms with van der Waals surface area (Å²) in [6.07, 6.45) is -2.11. The van der Waals surface area contributed by atoms with Crippen LogP contribution < -0.4 is 0 Å². The molecule has 1 aliphatic heterocycles. The summed E-state index contributed by atoms with van der Waals surface area (Å²) in [5, 5.41) is -0.459. The van der Waals surface area contributed by atoms with E-state index in [-0.39, 0.29) is 17.0 Å². The van der Waals surface area contributed by atoms with Crippen LogP contribution >= 0.6 is 35.0 Å². The third-order valence-electron chi connectivity index (χ3n) is 4.65. The van der Waals surface area contributed by atoms with Crippen LogP contribution in [0.1, 0.15) is 33.9 Å². The molecule has 0 unspecified atom stereocenters. The van der Waals surface area contributed by atoms with E-state index in [1.54, 1.807) is 4.57 Å². The van der Waals surface area contributed by atoms with Crippen molar-refractivity contribution in [3.05, 3.63) is 16.8 Å². The predicted molar refractivity (Wildman–Crippen MR) is 119 cm³/mol. The second-order valence-electron chi connectivity index (χ2n) is 7.04. The molecule has 0 spiro atoms. The molecule has 5 atom stereocenters. The molecule has 33 heavy (non-hydrogen) atoms. The van der Waals surface area contributed by atoms with Gasteiger partial charge in [-0.3, -0.25) is 19.0 Å². The summed E-state index contributed by atoms with van der Waals surface area (Å²) in [5.74, 6) is -1.07. The SMILES string of the molecule is CCS[C@@H]1[C@@H](OC(C)=O)[C@H]([C@@H](COC(C)=O)OC(C)=O)O[C@@H]1n1cnc2c(Cl)nc(Cl)nc21. The van der Waals surface area contributed by atoms with Gasteiger partial charge in [0.1, 0.15) is 24.3 Å². The Balaban J connectivity index is 2.06. The Morgan fingerprint density at radius 2 is 1.91 bits per heavy atom. The average Bonchev–Trinajstić information content (AvgIpc) is 3.27. The fourth-order valence-electron chi connectivity index (χ4n) is 3.54. The average molecular weight is 521 g/mol. The van der Waals surface area contributed by atoms with Gasteiger partial charge in [-0.2, -0.15) is 16.7 Å². The van der Waals surface area contributed by atoms with E-state index in [1.165, 1.54) is 38.9 Å². The molecule has 14 heteroatoms. The van der Waals surface area contributed by atoms with Crippen LogP contribution in [0.5, 0.6) is 0 Å². The molecule has 1 aliphatic rings. The summed E-state index contributed by atoms with van der Waals surface area (Å²) in [4.78, 5) is 47.5. The van der Waals surface area contributed by atoms with Crippen molar-refractivity contribution in [2.75, 3.05) is 12.4 Å². The Labute approximate surface area is 203 Å². The number of rotatable bonds is 8. The first-order chi connectivity index (χ1) is 15.6. The first-order valence-electron chi connectivity index (χ1n) is 9.92. The van der Waals surface area contributed by atoms with Crippen molar-refractivity contribution in [3.63, 3.8) is 0 Å². The smallest absolute Gasteiger partial charge is 0.303 e. The van der Waals surface area contributed by atoms with Gasteiger partial charge in [0.2, 0.25) is 5.28 Å². The van der Waals surface area contributed by atoms with Crippen LogP contribution in [0.15, 0.2) is 6.33 Å². The van der Waals surface area contributed by atoms with Crippen molar-refractivity contribution >= 4 is 64.0 Å². The molecule has 1 fully saturated rings. The Morgan fingerprint density at radius 1 is 1.18 bits per heavy atom. The van der Waals surface area contributed by atoms with Gasteiger partial charge in [0, 0.05) is 20.8 Å². The quantitative estimate of drug-likeness (QED) is 0.220. The Bertz CT molecular complexity index is 1050. The van der Waals surface area contributed by atoms with E-state index in [1.807, 2.05) is 6.92 Å². The summed E-state index contributed by atoms with van der Waals surface area (Å²) in [5.41, 5.74) is 0.631. The lowest BCUT2D eigenvalue weighted by Gasteiger charge is -2.27. The number of hydrogen-bond acceptors (Lipinski definition) is 11. The Morgan fingerprint density at radius 3 is 2.52 bits per heavy atom. The third-order valence-corrected chi connectivity index (χ3v) is 6.30. The molecule has 0 aliphatic carbocycles. The van der Waals surface area contributed by atoms with E-state index in [2.05, 4.69) is 15.0 Å². The van der Waals surface area contributed by atoms with Crippen molar-refractivity contribution in [1.82, 2.24) is 19.5 Å². The van der Waals surface area contributed by atoms with Gasteiger partial charge in [-0.05, 0) is 17.4 Å². The van der Waals surface area contributed by atoms with Crippen LogP contribution in [-0.4, -0.2) is 73.3 Å². The lowest BCUT2D eigenvalue weighted by molar-refractivity contribution is -0.176.